The molecule has 0 fully saturated rings. The van der Waals surface area contributed by atoms with Gasteiger partial charge in [-0.2, -0.15) is 0 Å². The van der Waals surface area contributed by atoms with Crippen molar-refractivity contribution in [2.24, 2.45) is 0 Å². The average Bonchev–Trinajstić information content (AvgIpc) is 2.57. The molecule has 24 heavy (non-hydrogen) atoms. The van der Waals surface area contributed by atoms with Gasteiger partial charge in [0.05, 0.1) is 0 Å². The molecule has 0 unspecified atom stereocenters. The van der Waals surface area contributed by atoms with Crippen LogP contribution in [0.2, 0.25) is 0 Å². The zero-order valence-corrected chi connectivity index (χ0v) is 14.5. The van der Waals surface area contributed by atoms with Crippen LogP contribution in [0.1, 0.15) is 28.2 Å². The molecule has 0 atom stereocenters. The Balaban J connectivity index is 1.92. The van der Waals surface area contributed by atoms with Crippen LogP contribution in [0.3, 0.4) is 0 Å². The predicted molar refractivity (Wildman–Crippen MR) is 96.0 cm³/mol. The van der Waals surface area contributed by atoms with Crippen LogP contribution in [-0.4, -0.2) is 48.0 Å². The summed E-state index contributed by atoms with van der Waals surface area (Å²) in [5.74, 6) is 0.305. The van der Waals surface area contributed by atoms with E-state index in [2.05, 4.69) is 25.5 Å². The summed E-state index contributed by atoms with van der Waals surface area (Å²) in [5, 5.41) is 6.07. The zero-order valence-electron chi connectivity index (χ0n) is 14.5. The third-order valence-corrected chi connectivity index (χ3v) is 3.45. The van der Waals surface area contributed by atoms with Gasteiger partial charge in [0.25, 0.3) is 5.91 Å². The van der Waals surface area contributed by atoms with Crippen molar-refractivity contribution in [3.63, 3.8) is 0 Å². The standard InChI is InChI=1S/C18H25N5O/c1-14-12-16(17(24)20-13-15-8-5-4-6-9-15)22-18(21-14)19-10-7-11-23(2)3/h4-6,8-9,12H,7,10-11,13H2,1-3H3,(H,20,24)(H,19,21,22). The van der Waals surface area contributed by atoms with Gasteiger partial charge in [-0.15, -0.1) is 0 Å². The van der Waals surface area contributed by atoms with E-state index in [0.29, 0.717) is 18.2 Å². The number of hydrogen-bond acceptors (Lipinski definition) is 5. The second-order valence-electron chi connectivity index (χ2n) is 5.97. The average molecular weight is 327 g/mol. The Morgan fingerprint density at radius 3 is 2.62 bits per heavy atom. The smallest absolute Gasteiger partial charge is 0.270 e. The molecule has 6 heteroatoms. The number of nitrogens with zero attached hydrogens (tertiary/aromatic N) is 3. The molecule has 2 N–H and O–H groups in total. The molecule has 0 aliphatic rings. The largest absolute Gasteiger partial charge is 0.354 e. The maximum absolute atomic E-state index is 12.3. The molecule has 0 spiro atoms. The normalized spacial score (nSPS) is 10.7. The molecule has 0 aliphatic heterocycles. The summed E-state index contributed by atoms with van der Waals surface area (Å²) in [4.78, 5) is 23.1. The van der Waals surface area contributed by atoms with E-state index in [0.717, 1.165) is 30.8 Å². The van der Waals surface area contributed by atoms with Gasteiger partial charge < -0.3 is 15.5 Å². The van der Waals surface area contributed by atoms with Gasteiger partial charge >= 0.3 is 0 Å². The fourth-order valence-electron chi connectivity index (χ4n) is 2.23. The summed E-state index contributed by atoms with van der Waals surface area (Å²) in [6.45, 7) is 4.10. The summed E-state index contributed by atoms with van der Waals surface area (Å²) in [6.07, 6.45) is 0.986. The fourth-order valence-corrected chi connectivity index (χ4v) is 2.23. The van der Waals surface area contributed by atoms with E-state index in [1.165, 1.54) is 0 Å². The van der Waals surface area contributed by atoms with E-state index in [1.54, 1.807) is 6.07 Å². The van der Waals surface area contributed by atoms with Crippen molar-refractivity contribution in [1.29, 1.82) is 0 Å². The van der Waals surface area contributed by atoms with Crippen molar-refractivity contribution >= 4 is 11.9 Å². The summed E-state index contributed by atoms with van der Waals surface area (Å²) in [7, 11) is 4.08. The Morgan fingerprint density at radius 1 is 1.17 bits per heavy atom. The summed E-state index contributed by atoms with van der Waals surface area (Å²) >= 11 is 0. The van der Waals surface area contributed by atoms with E-state index in [-0.39, 0.29) is 5.91 Å². The number of nitrogens with one attached hydrogen (secondary N) is 2. The number of benzene rings is 1. The van der Waals surface area contributed by atoms with Gasteiger partial charge in [0.2, 0.25) is 5.95 Å². The first kappa shape index (κ1) is 17.9. The van der Waals surface area contributed by atoms with Gasteiger partial charge in [0.15, 0.2) is 0 Å². The Labute approximate surface area is 143 Å². The third-order valence-electron chi connectivity index (χ3n) is 3.45. The van der Waals surface area contributed by atoms with Crippen LogP contribution in [0.15, 0.2) is 36.4 Å². The first-order chi connectivity index (χ1) is 11.5. The highest BCUT2D eigenvalue weighted by Crippen LogP contribution is 2.06. The molecule has 0 saturated carbocycles. The molecule has 0 saturated heterocycles. The number of carbonyl (C=O) groups is 1. The molecule has 1 aromatic carbocycles. The molecule has 0 bridgehead atoms. The summed E-state index contributed by atoms with van der Waals surface area (Å²) in [5.41, 5.74) is 2.21. The van der Waals surface area contributed by atoms with Crippen molar-refractivity contribution in [3.8, 4) is 0 Å². The Morgan fingerprint density at radius 2 is 1.92 bits per heavy atom. The molecule has 128 valence electrons. The number of aryl methyl sites for hydroxylation is 1. The summed E-state index contributed by atoms with van der Waals surface area (Å²) < 4.78 is 0. The van der Waals surface area contributed by atoms with Crippen molar-refractivity contribution in [2.45, 2.75) is 19.9 Å². The predicted octanol–water partition coefficient (Wildman–Crippen LogP) is 2.08. The lowest BCUT2D eigenvalue weighted by Gasteiger charge is -2.11. The van der Waals surface area contributed by atoms with Crippen molar-refractivity contribution in [3.05, 3.63) is 53.3 Å². The maximum atomic E-state index is 12.3. The second kappa shape index (κ2) is 8.98. The van der Waals surface area contributed by atoms with Gasteiger partial charge in [-0.25, -0.2) is 9.97 Å². The number of hydrogen-bond donors (Lipinski definition) is 2. The number of aromatic nitrogens is 2. The van der Waals surface area contributed by atoms with E-state index in [4.69, 9.17) is 0 Å². The lowest BCUT2D eigenvalue weighted by molar-refractivity contribution is 0.0945. The minimum Gasteiger partial charge on any atom is -0.354 e. The number of amides is 1. The van der Waals surface area contributed by atoms with Crippen LogP contribution < -0.4 is 10.6 Å². The Hall–Kier alpha value is -2.47. The first-order valence-corrected chi connectivity index (χ1v) is 8.11. The minimum absolute atomic E-state index is 0.194. The van der Waals surface area contributed by atoms with E-state index in [9.17, 15) is 4.79 Å². The quantitative estimate of drug-likeness (QED) is 0.727. The van der Waals surface area contributed by atoms with Gasteiger partial charge in [0.1, 0.15) is 5.69 Å². The molecule has 2 aromatic rings. The molecular weight excluding hydrogens is 302 g/mol. The molecule has 6 nitrogen and oxygen atoms in total. The molecule has 0 aliphatic carbocycles. The molecular formula is C18H25N5O. The highest BCUT2D eigenvalue weighted by Gasteiger charge is 2.10. The van der Waals surface area contributed by atoms with E-state index in [1.807, 2.05) is 51.4 Å². The Bertz CT molecular complexity index is 658. The van der Waals surface area contributed by atoms with Gasteiger partial charge in [-0.3, -0.25) is 4.79 Å². The minimum atomic E-state index is -0.194. The SMILES string of the molecule is Cc1cc(C(=O)NCc2ccccc2)nc(NCCCN(C)C)n1. The zero-order chi connectivity index (χ0) is 17.4. The van der Waals surface area contributed by atoms with Crippen LogP contribution in [0.5, 0.6) is 0 Å². The number of carbonyl (C=O) groups excluding carboxylic acids is 1. The molecule has 0 radical (unpaired) electrons. The van der Waals surface area contributed by atoms with Crippen LogP contribution in [0.4, 0.5) is 5.95 Å². The summed E-state index contributed by atoms with van der Waals surface area (Å²) in [6, 6.07) is 11.5. The first-order valence-electron chi connectivity index (χ1n) is 8.11. The lowest BCUT2D eigenvalue weighted by Crippen LogP contribution is -2.24. The topological polar surface area (TPSA) is 70.2 Å². The third kappa shape index (κ3) is 5.96. The second-order valence-corrected chi connectivity index (χ2v) is 5.97. The lowest BCUT2D eigenvalue weighted by atomic mass is 10.2. The highest BCUT2D eigenvalue weighted by atomic mass is 16.1. The number of rotatable bonds is 8. The molecule has 1 heterocycles. The molecule has 1 amide bonds. The van der Waals surface area contributed by atoms with Crippen molar-refractivity contribution < 1.29 is 4.79 Å². The monoisotopic (exact) mass is 327 g/mol. The van der Waals surface area contributed by atoms with Crippen molar-refractivity contribution in [2.75, 3.05) is 32.5 Å². The fraction of sp³-hybridized carbons (Fsp3) is 0.389. The molecule has 2 rings (SSSR count). The van der Waals surface area contributed by atoms with E-state index >= 15 is 0 Å². The highest BCUT2D eigenvalue weighted by molar-refractivity contribution is 5.92. The maximum Gasteiger partial charge on any atom is 0.270 e. The number of anilines is 1. The Kier molecular flexibility index (Phi) is 6.69. The van der Waals surface area contributed by atoms with Gasteiger partial charge in [0, 0.05) is 18.8 Å². The van der Waals surface area contributed by atoms with E-state index < -0.39 is 0 Å². The molecule has 1 aromatic heterocycles. The van der Waals surface area contributed by atoms with Crippen LogP contribution in [-0.2, 0) is 6.54 Å². The van der Waals surface area contributed by atoms with Gasteiger partial charge in [-0.05, 0) is 45.6 Å². The van der Waals surface area contributed by atoms with Crippen molar-refractivity contribution in [1.82, 2.24) is 20.2 Å². The van der Waals surface area contributed by atoms with Gasteiger partial charge in [-0.1, -0.05) is 30.3 Å². The van der Waals surface area contributed by atoms with Crippen LogP contribution in [0.25, 0.3) is 0 Å². The van der Waals surface area contributed by atoms with Crippen LogP contribution >= 0.6 is 0 Å². The van der Waals surface area contributed by atoms with Crippen LogP contribution in [0, 0.1) is 6.92 Å².